The molecule has 0 radical (unpaired) electrons. The van der Waals surface area contributed by atoms with Crippen molar-refractivity contribution in [3.05, 3.63) is 17.5 Å². The average Bonchev–Trinajstić information content (AvgIpc) is 2.49. The van der Waals surface area contributed by atoms with Crippen molar-refractivity contribution in [2.24, 2.45) is 0 Å². The van der Waals surface area contributed by atoms with E-state index in [0.29, 0.717) is 5.92 Å². The van der Waals surface area contributed by atoms with Gasteiger partial charge in [0, 0.05) is 13.0 Å². The van der Waals surface area contributed by atoms with E-state index in [0.717, 1.165) is 24.4 Å². The largest absolute Gasteiger partial charge is 0.342 e. The Kier molecular flexibility index (Phi) is 1.83. The number of nitrogens with zero attached hydrogens (tertiary/aromatic N) is 2. The smallest absolute Gasteiger partial charge is 0.336 e. The van der Waals surface area contributed by atoms with Gasteiger partial charge >= 0.3 is 6.03 Å². The van der Waals surface area contributed by atoms with Gasteiger partial charge in [0.05, 0.1) is 11.4 Å². The van der Waals surface area contributed by atoms with E-state index in [2.05, 4.69) is 24.3 Å². The maximum absolute atomic E-state index is 11.3. The first kappa shape index (κ1) is 8.29. The van der Waals surface area contributed by atoms with E-state index in [9.17, 15) is 4.79 Å². The minimum absolute atomic E-state index is 0.104. The van der Waals surface area contributed by atoms with Crippen molar-refractivity contribution >= 4 is 6.03 Å². The van der Waals surface area contributed by atoms with Crippen molar-refractivity contribution in [1.29, 1.82) is 0 Å². The van der Waals surface area contributed by atoms with Crippen LogP contribution in [0.3, 0.4) is 0 Å². The minimum atomic E-state index is -0.104. The van der Waals surface area contributed by atoms with Crippen LogP contribution in [0.15, 0.2) is 6.07 Å². The van der Waals surface area contributed by atoms with E-state index in [4.69, 9.17) is 0 Å². The maximum atomic E-state index is 11.3. The number of nitrogens with one attached hydrogen (secondary N) is 1. The zero-order valence-corrected chi connectivity index (χ0v) is 7.87. The molecule has 0 atom stereocenters. The lowest BCUT2D eigenvalue weighted by Gasteiger charge is -2.12. The molecule has 1 aliphatic rings. The summed E-state index contributed by atoms with van der Waals surface area (Å²) in [5.74, 6) is 0.380. The number of carbonyl (C=O) groups is 1. The van der Waals surface area contributed by atoms with Gasteiger partial charge in [0.1, 0.15) is 0 Å². The number of amides is 1. The highest BCUT2D eigenvalue weighted by Gasteiger charge is 2.18. The Morgan fingerprint density at radius 3 is 3.00 bits per heavy atom. The summed E-state index contributed by atoms with van der Waals surface area (Å²) in [5, 5.41) is 6.99. The molecule has 0 saturated heterocycles. The molecule has 70 valence electrons. The summed E-state index contributed by atoms with van der Waals surface area (Å²) in [6, 6.07) is 1.91. The van der Waals surface area contributed by atoms with Gasteiger partial charge in [-0.25, -0.2) is 4.79 Å². The SMILES string of the molecule is CC(C)c1cc2n(n1)C(=O)NCC2. The minimum Gasteiger partial charge on any atom is -0.336 e. The van der Waals surface area contributed by atoms with Crippen molar-refractivity contribution in [1.82, 2.24) is 15.1 Å². The molecule has 0 unspecified atom stereocenters. The van der Waals surface area contributed by atoms with Crippen LogP contribution in [0.4, 0.5) is 4.79 Å². The normalized spacial score (nSPS) is 15.8. The molecule has 0 aromatic carbocycles. The van der Waals surface area contributed by atoms with Crippen LogP contribution in [0.5, 0.6) is 0 Å². The van der Waals surface area contributed by atoms with Crippen molar-refractivity contribution in [3.63, 3.8) is 0 Å². The Morgan fingerprint density at radius 1 is 1.62 bits per heavy atom. The standard InChI is InChI=1S/C9H13N3O/c1-6(2)8-5-7-3-4-10-9(13)12(7)11-8/h5-6H,3-4H2,1-2H3,(H,10,13). The van der Waals surface area contributed by atoms with Gasteiger partial charge in [-0.15, -0.1) is 0 Å². The molecule has 0 spiro atoms. The molecule has 0 saturated carbocycles. The molecule has 1 N–H and O–H groups in total. The van der Waals surface area contributed by atoms with Gasteiger partial charge in [0.2, 0.25) is 0 Å². The molecule has 0 aliphatic carbocycles. The summed E-state index contributed by atoms with van der Waals surface area (Å²) in [6.07, 6.45) is 0.880. The van der Waals surface area contributed by atoms with E-state index in [1.54, 1.807) is 0 Å². The summed E-state index contributed by atoms with van der Waals surface area (Å²) in [7, 11) is 0. The van der Waals surface area contributed by atoms with Gasteiger partial charge in [-0.05, 0) is 12.0 Å². The van der Waals surface area contributed by atoms with Gasteiger partial charge < -0.3 is 5.32 Å². The highest BCUT2D eigenvalue weighted by atomic mass is 16.2. The number of fused-ring (bicyclic) bond motifs is 1. The summed E-state index contributed by atoms with van der Waals surface area (Å²) in [6.45, 7) is 4.88. The van der Waals surface area contributed by atoms with Gasteiger partial charge in [0.25, 0.3) is 0 Å². The number of rotatable bonds is 1. The third kappa shape index (κ3) is 1.32. The predicted molar refractivity (Wildman–Crippen MR) is 48.8 cm³/mol. The van der Waals surface area contributed by atoms with Crippen LogP contribution in [0, 0.1) is 0 Å². The van der Waals surface area contributed by atoms with Crippen LogP contribution in [0.1, 0.15) is 31.2 Å². The van der Waals surface area contributed by atoms with Gasteiger partial charge in [-0.2, -0.15) is 9.78 Å². The zero-order chi connectivity index (χ0) is 9.42. The first-order valence-corrected chi connectivity index (χ1v) is 4.55. The molecule has 4 nitrogen and oxygen atoms in total. The van der Waals surface area contributed by atoms with E-state index in [-0.39, 0.29) is 6.03 Å². The van der Waals surface area contributed by atoms with Gasteiger partial charge in [-0.3, -0.25) is 0 Å². The van der Waals surface area contributed by atoms with Crippen LogP contribution in [-0.4, -0.2) is 22.4 Å². The monoisotopic (exact) mass is 179 g/mol. The molecule has 1 aromatic heterocycles. The van der Waals surface area contributed by atoms with E-state index in [1.807, 2.05) is 6.07 Å². The second-order valence-corrected chi connectivity index (χ2v) is 3.61. The molecule has 13 heavy (non-hydrogen) atoms. The van der Waals surface area contributed by atoms with E-state index < -0.39 is 0 Å². The third-order valence-corrected chi connectivity index (χ3v) is 2.24. The second kappa shape index (κ2) is 2.87. The number of aromatic nitrogens is 2. The third-order valence-electron chi connectivity index (χ3n) is 2.24. The Balaban J connectivity index is 2.42. The van der Waals surface area contributed by atoms with E-state index in [1.165, 1.54) is 4.68 Å². The summed E-state index contributed by atoms with van der Waals surface area (Å²) in [4.78, 5) is 11.3. The van der Waals surface area contributed by atoms with E-state index >= 15 is 0 Å². The Hall–Kier alpha value is -1.32. The summed E-state index contributed by atoms with van der Waals surface area (Å²) < 4.78 is 1.47. The van der Waals surface area contributed by atoms with Gasteiger partial charge in [0.15, 0.2) is 0 Å². The molecular weight excluding hydrogens is 166 g/mol. The summed E-state index contributed by atoms with van der Waals surface area (Å²) >= 11 is 0. The van der Waals surface area contributed by atoms with Crippen molar-refractivity contribution in [2.45, 2.75) is 26.2 Å². The van der Waals surface area contributed by atoms with Crippen LogP contribution in [0.2, 0.25) is 0 Å². The molecule has 1 amide bonds. The van der Waals surface area contributed by atoms with Crippen molar-refractivity contribution < 1.29 is 4.79 Å². The van der Waals surface area contributed by atoms with Crippen molar-refractivity contribution in [3.8, 4) is 0 Å². The fourth-order valence-electron chi connectivity index (χ4n) is 1.45. The number of carbonyl (C=O) groups excluding carboxylic acids is 1. The lowest BCUT2D eigenvalue weighted by Crippen LogP contribution is -2.37. The molecular formula is C9H13N3O. The number of hydrogen-bond donors (Lipinski definition) is 1. The molecule has 2 heterocycles. The van der Waals surface area contributed by atoms with Crippen LogP contribution < -0.4 is 5.32 Å². The molecule has 1 aromatic rings. The van der Waals surface area contributed by atoms with Crippen LogP contribution >= 0.6 is 0 Å². The lowest BCUT2D eigenvalue weighted by molar-refractivity contribution is 0.236. The molecule has 2 rings (SSSR count). The molecule has 4 heteroatoms. The Morgan fingerprint density at radius 2 is 2.38 bits per heavy atom. The highest BCUT2D eigenvalue weighted by molar-refractivity contribution is 5.77. The number of hydrogen-bond acceptors (Lipinski definition) is 2. The average molecular weight is 179 g/mol. The molecule has 0 bridgehead atoms. The fraction of sp³-hybridized carbons (Fsp3) is 0.556. The molecule has 0 fully saturated rings. The van der Waals surface area contributed by atoms with Crippen LogP contribution in [-0.2, 0) is 6.42 Å². The first-order valence-electron chi connectivity index (χ1n) is 4.55. The Labute approximate surface area is 76.9 Å². The Bertz CT molecular complexity index is 341. The maximum Gasteiger partial charge on any atom is 0.342 e. The summed E-state index contributed by atoms with van der Waals surface area (Å²) in [5.41, 5.74) is 2.01. The second-order valence-electron chi connectivity index (χ2n) is 3.61. The molecule has 1 aliphatic heterocycles. The predicted octanol–water partition coefficient (Wildman–Crippen LogP) is 1.12. The topological polar surface area (TPSA) is 46.9 Å². The quantitative estimate of drug-likeness (QED) is 0.702. The van der Waals surface area contributed by atoms with Crippen molar-refractivity contribution in [2.75, 3.05) is 6.54 Å². The highest BCUT2D eigenvalue weighted by Crippen LogP contribution is 2.15. The lowest BCUT2D eigenvalue weighted by atomic mass is 10.1. The first-order chi connectivity index (χ1) is 6.18. The van der Waals surface area contributed by atoms with Gasteiger partial charge in [-0.1, -0.05) is 13.8 Å². The van der Waals surface area contributed by atoms with Crippen LogP contribution in [0.25, 0.3) is 0 Å². The fourth-order valence-corrected chi connectivity index (χ4v) is 1.45. The zero-order valence-electron chi connectivity index (χ0n) is 7.87.